The molecule has 0 atom stereocenters. The highest BCUT2D eigenvalue weighted by Crippen LogP contribution is 2.25. The highest BCUT2D eigenvalue weighted by molar-refractivity contribution is 7.98. The molecule has 1 heterocycles. The Morgan fingerprint density at radius 1 is 1.38 bits per heavy atom. The van der Waals surface area contributed by atoms with Gasteiger partial charge in [-0.1, -0.05) is 18.5 Å². The number of thioether (sulfide) groups is 1. The van der Waals surface area contributed by atoms with Crippen LogP contribution in [0.5, 0.6) is 0 Å². The lowest BCUT2D eigenvalue weighted by molar-refractivity contribution is 0.628. The summed E-state index contributed by atoms with van der Waals surface area (Å²) < 4.78 is 2.01. The zero-order chi connectivity index (χ0) is 12.0. The first-order valence-electron chi connectivity index (χ1n) is 5.62. The first kappa shape index (κ1) is 14.2. The predicted octanol–water partition coefficient (Wildman–Crippen LogP) is 3.98. The first-order chi connectivity index (χ1) is 7.74. The molecule has 92 valence electrons. The van der Waals surface area contributed by atoms with Crippen LogP contribution in [0.15, 0.2) is 0 Å². The van der Waals surface area contributed by atoms with Crippen LogP contribution in [0.4, 0.5) is 0 Å². The maximum Gasteiger partial charge on any atom is 0.0858 e. The first-order valence-corrected chi connectivity index (χ1v) is 7.69. The summed E-state index contributed by atoms with van der Waals surface area (Å²) in [5.41, 5.74) is 2.16. The molecule has 16 heavy (non-hydrogen) atoms. The van der Waals surface area contributed by atoms with Crippen LogP contribution < -0.4 is 0 Å². The molecule has 0 aliphatic rings. The molecule has 1 aromatic rings. The molecule has 0 radical (unpaired) electrons. The average molecular weight is 281 g/mol. The maximum atomic E-state index is 6.30. The molecular formula is C11H18Cl2N2S. The third kappa shape index (κ3) is 3.57. The Morgan fingerprint density at radius 2 is 2.12 bits per heavy atom. The molecule has 0 saturated carbocycles. The van der Waals surface area contributed by atoms with Crippen molar-refractivity contribution in [2.24, 2.45) is 0 Å². The summed E-state index contributed by atoms with van der Waals surface area (Å²) in [5.74, 6) is 2.74. The summed E-state index contributed by atoms with van der Waals surface area (Å²) in [6, 6.07) is 0. The maximum absolute atomic E-state index is 6.30. The van der Waals surface area contributed by atoms with Gasteiger partial charge in [-0.15, -0.1) is 11.6 Å². The monoisotopic (exact) mass is 280 g/mol. The fourth-order valence-electron chi connectivity index (χ4n) is 1.48. The molecule has 0 fully saturated rings. The fourth-order valence-corrected chi connectivity index (χ4v) is 3.17. The number of hydrogen-bond acceptors (Lipinski definition) is 2. The quantitative estimate of drug-likeness (QED) is 0.555. The van der Waals surface area contributed by atoms with E-state index >= 15 is 0 Å². The Bertz CT molecular complexity index is 326. The SMILES string of the molecule is CCc1nn(CC)c(CSCCCCl)c1Cl. The number of rotatable bonds is 7. The topological polar surface area (TPSA) is 17.8 Å². The lowest BCUT2D eigenvalue weighted by Crippen LogP contribution is -2.02. The Balaban J connectivity index is 2.65. The average Bonchev–Trinajstić information content (AvgIpc) is 2.61. The van der Waals surface area contributed by atoms with Crippen LogP contribution in [0.2, 0.25) is 5.02 Å². The molecule has 0 aromatic carbocycles. The second-order valence-corrected chi connectivity index (χ2v) is 5.33. The Hall–Kier alpha value is 0.140. The van der Waals surface area contributed by atoms with Gasteiger partial charge in [0.2, 0.25) is 0 Å². The second kappa shape index (κ2) is 7.46. The van der Waals surface area contributed by atoms with E-state index in [0.29, 0.717) is 0 Å². The summed E-state index contributed by atoms with van der Waals surface area (Å²) in [5, 5.41) is 5.34. The smallest absolute Gasteiger partial charge is 0.0858 e. The van der Waals surface area contributed by atoms with Crippen LogP contribution >= 0.6 is 35.0 Å². The molecule has 0 aliphatic carbocycles. The van der Waals surface area contributed by atoms with Gasteiger partial charge in [0.15, 0.2) is 0 Å². The van der Waals surface area contributed by atoms with Crippen molar-refractivity contribution in [3.63, 3.8) is 0 Å². The summed E-state index contributed by atoms with van der Waals surface area (Å²) in [7, 11) is 0. The number of nitrogens with zero attached hydrogens (tertiary/aromatic N) is 2. The number of aromatic nitrogens is 2. The molecule has 0 aliphatic heterocycles. The lowest BCUT2D eigenvalue weighted by Gasteiger charge is -2.04. The van der Waals surface area contributed by atoms with Crippen molar-refractivity contribution >= 4 is 35.0 Å². The largest absolute Gasteiger partial charge is 0.267 e. The summed E-state index contributed by atoms with van der Waals surface area (Å²) in [6.45, 7) is 5.06. The molecule has 2 nitrogen and oxygen atoms in total. The van der Waals surface area contributed by atoms with E-state index in [1.54, 1.807) is 0 Å². The van der Waals surface area contributed by atoms with Crippen molar-refractivity contribution in [1.29, 1.82) is 0 Å². The molecule has 1 aromatic heterocycles. The van der Waals surface area contributed by atoms with Crippen LogP contribution in [-0.2, 0) is 18.7 Å². The minimum absolute atomic E-state index is 0.730. The van der Waals surface area contributed by atoms with Crippen molar-refractivity contribution in [1.82, 2.24) is 9.78 Å². The minimum Gasteiger partial charge on any atom is -0.267 e. The Labute approximate surface area is 112 Å². The van der Waals surface area contributed by atoms with Crippen LogP contribution in [0.3, 0.4) is 0 Å². The standard InChI is InChI=1S/C11H18Cl2N2S/c1-3-9-11(13)10(15(4-2)14-9)8-16-7-5-6-12/h3-8H2,1-2H3. The van der Waals surface area contributed by atoms with Crippen molar-refractivity contribution < 1.29 is 0 Å². The molecule has 1 rings (SSSR count). The fraction of sp³-hybridized carbons (Fsp3) is 0.727. The summed E-state index contributed by atoms with van der Waals surface area (Å²) >= 11 is 13.8. The molecule has 0 spiro atoms. The molecule has 5 heteroatoms. The molecular weight excluding hydrogens is 263 g/mol. The second-order valence-electron chi connectivity index (χ2n) is 3.47. The van der Waals surface area contributed by atoms with Crippen molar-refractivity contribution in [2.45, 2.75) is 39.0 Å². The summed E-state index contributed by atoms with van der Waals surface area (Å²) in [6.07, 6.45) is 1.94. The molecule has 0 saturated heterocycles. The summed E-state index contributed by atoms with van der Waals surface area (Å²) in [4.78, 5) is 0. The van der Waals surface area contributed by atoms with Gasteiger partial charge in [-0.3, -0.25) is 4.68 Å². The number of hydrogen-bond donors (Lipinski definition) is 0. The van der Waals surface area contributed by atoms with Crippen LogP contribution in [-0.4, -0.2) is 21.4 Å². The van der Waals surface area contributed by atoms with Gasteiger partial charge in [-0.2, -0.15) is 16.9 Å². The van der Waals surface area contributed by atoms with Crippen LogP contribution in [0.1, 0.15) is 31.7 Å². The minimum atomic E-state index is 0.730. The number of halogens is 2. The van der Waals surface area contributed by atoms with Gasteiger partial charge in [-0.25, -0.2) is 0 Å². The molecule has 0 amide bonds. The van der Waals surface area contributed by atoms with Crippen molar-refractivity contribution in [3.05, 3.63) is 16.4 Å². The lowest BCUT2D eigenvalue weighted by atomic mass is 10.3. The van der Waals surface area contributed by atoms with Gasteiger partial charge in [-0.05, 0) is 25.5 Å². The van der Waals surface area contributed by atoms with Gasteiger partial charge in [0.25, 0.3) is 0 Å². The van der Waals surface area contributed by atoms with E-state index in [1.165, 1.54) is 0 Å². The Morgan fingerprint density at radius 3 is 2.69 bits per heavy atom. The van der Waals surface area contributed by atoms with Gasteiger partial charge < -0.3 is 0 Å². The van der Waals surface area contributed by atoms with Gasteiger partial charge in [0.1, 0.15) is 0 Å². The van der Waals surface area contributed by atoms with E-state index in [-0.39, 0.29) is 0 Å². The van der Waals surface area contributed by atoms with E-state index in [2.05, 4.69) is 18.9 Å². The van der Waals surface area contributed by atoms with Gasteiger partial charge in [0, 0.05) is 18.2 Å². The van der Waals surface area contributed by atoms with E-state index in [0.717, 1.165) is 53.2 Å². The third-order valence-electron chi connectivity index (χ3n) is 2.36. The van der Waals surface area contributed by atoms with Gasteiger partial charge >= 0.3 is 0 Å². The number of aryl methyl sites for hydroxylation is 2. The van der Waals surface area contributed by atoms with Crippen LogP contribution in [0.25, 0.3) is 0 Å². The zero-order valence-corrected chi connectivity index (χ0v) is 12.1. The highest BCUT2D eigenvalue weighted by atomic mass is 35.5. The van der Waals surface area contributed by atoms with E-state index in [4.69, 9.17) is 23.2 Å². The highest BCUT2D eigenvalue weighted by Gasteiger charge is 2.13. The molecule has 0 bridgehead atoms. The van der Waals surface area contributed by atoms with Crippen molar-refractivity contribution in [3.8, 4) is 0 Å². The zero-order valence-electron chi connectivity index (χ0n) is 9.80. The van der Waals surface area contributed by atoms with Gasteiger partial charge in [0.05, 0.1) is 16.4 Å². The predicted molar refractivity (Wildman–Crippen MR) is 73.8 cm³/mol. The normalized spacial score (nSPS) is 11.0. The molecule has 0 unspecified atom stereocenters. The Kier molecular flexibility index (Phi) is 6.62. The van der Waals surface area contributed by atoms with E-state index in [1.807, 2.05) is 16.4 Å². The molecule has 0 N–H and O–H groups in total. The number of alkyl halides is 1. The third-order valence-corrected chi connectivity index (χ3v) is 4.11. The van der Waals surface area contributed by atoms with E-state index in [9.17, 15) is 0 Å². The van der Waals surface area contributed by atoms with E-state index < -0.39 is 0 Å². The van der Waals surface area contributed by atoms with Crippen LogP contribution in [0, 0.1) is 0 Å². The van der Waals surface area contributed by atoms with Crippen molar-refractivity contribution in [2.75, 3.05) is 11.6 Å².